The van der Waals surface area contributed by atoms with Gasteiger partial charge in [-0.2, -0.15) is 0 Å². The topological polar surface area (TPSA) is 103 Å². The molecule has 3 N–H and O–H groups in total. The van der Waals surface area contributed by atoms with Gasteiger partial charge in [-0.25, -0.2) is 5.10 Å². The predicted molar refractivity (Wildman–Crippen MR) is 143 cm³/mol. The molecule has 0 amide bonds. The Morgan fingerprint density at radius 1 is 0.886 bits per heavy atom. The van der Waals surface area contributed by atoms with Crippen molar-refractivity contribution in [3.8, 4) is 28.3 Å². The monoisotopic (exact) mass is 508 g/mol. The third kappa shape index (κ3) is 5.59. The number of halogens is 2. The minimum absolute atomic E-state index is 0. The van der Waals surface area contributed by atoms with Gasteiger partial charge in [0.2, 0.25) is 0 Å². The number of nitrogens with zero attached hydrogens (tertiary/aromatic N) is 4. The van der Waals surface area contributed by atoms with Crippen molar-refractivity contribution < 1.29 is 4.74 Å². The Bertz CT molecular complexity index is 1390. The minimum atomic E-state index is 0. The van der Waals surface area contributed by atoms with Crippen molar-refractivity contribution in [1.82, 2.24) is 25.6 Å². The lowest BCUT2D eigenvalue weighted by Crippen LogP contribution is -2.00. The standard InChI is InChI=1S/C26H24N6O.2ClH/c1-2-20-14-25(23-13-18(15-27)9-12-24(23)28-20)33-16-17-7-10-19(11-8-17)21-5-3-4-6-22(21)26-29-31-32-30-26;;/h3-14H,2,15-16,27H2,1H3,(H,29,30,31,32);2*1H. The number of H-pyrrole nitrogens is 1. The highest BCUT2D eigenvalue weighted by Gasteiger charge is 2.11. The summed E-state index contributed by atoms with van der Waals surface area (Å²) in [6, 6.07) is 24.5. The Kier molecular flexibility index (Phi) is 8.76. The van der Waals surface area contributed by atoms with Crippen molar-refractivity contribution >= 4 is 35.7 Å². The number of fused-ring (bicyclic) bond motifs is 1. The van der Waals surface area contributed by atoms with Crippen molar-refractivity contribution in [3.05, 3.63) is 89.6 Å². The highest BCUT2D eigenvalue weighted by Crippen LogP contribution is 2.31. The first-order chi connectivity index (χ1) is 16.2. The molecule has 0 saturated carbocycles. The van der Waals surface area contributed by atoms with E-state index in [1.165, 1.54) is 0 Å². The lowest BCUT2D eigenvalue weighted by atomic mass is 9.98. The summed E-state index contributed by atoms with van der Waals surface area (Å²) in [4.78, 5) is 4.72. The smallest absolute Gasteiger partial charge is 0.180 e. The molecule has 0 bridgehead atoms. The summed E-state index contributed by atoms with van der Waals surface area (Å²) in [7, 11) is 0. The van der Waals surface area contributed by atoms with Gasteiger partial charge in [-0.3, -0.25) is 4.98 Å². The van der Waals surface area contributed by atoms with Crippen molar-refractivity contribution in [2.75, 3.05) is 0 Å². The average Bonchev–Trinajstić information content (AvgIpc) is 3.42. The van der Waals surface area contributed by atoms with Crippen molar-refractivity contribution in [2.45, 2.75) is 26.5 Å². The molecule has 3 aromatic carbocycles. The second-order valence-corrected chi connectivity index (χ2v) is 7.80. The maximum atomic E-state index is 6.26. The molecule has 0 radical (unpaired) electrons. The largest absolute Gasteiger partial charge is 0.488 e. The molecule has 0 unspecified atom stereocenters. The van der Waals surface area contributed by atoms with Crippen molar-refractivity contribution in [1.29, 1.82) is 0 Å². The van der Waals surface area contributed by atoms with E-state index < -0.39 is 0 Å². The maximum absolute atomic E-state index is 6.26. The number of benzene rings is 3. The second kappa shape index (κ2) is 11.8. The van der Waals surface area contributed by atoms with E-state index in [0.717, 1.165) is 56.6 Å². The SMILES string of the molecule is CCc1cc(OCc2ccc(-c3ccccc3-c3nnn[nH]3)cc2)c2cc(CN)ccc2n1.Cl.Cl. The van der Waals surface area contributed by atoms with Crippen LogP contribution in [0.4, 0.5) is 0 Å². The number of pyridine rings is 1. The summed E-state index contributed by atoms with van der Waals surface area (Å²) in [6.07, 6.45) is 0.847. The third-order valence-corrected chi connectivity index (χ3v) is 5.67. The molecule has 0 spiro atoms. The highest BCUT2D eigenvalue weighted by atomic mass is 35.5. The van der Waals surface area contributed by atoms with Gasteiger partial charge in [0.1, 0.15) is 12.4 Å². The van der Waals surface area contributed by atoms with Gasteiger partial charge in [-0.1, -0.05) is 61.5 Å². The summed E-state index contributed by atoms with van der Waals surface area (Å²) >= 11 is 0. The van der Waals surface area contributed by atoms with Crippen LogP contribution in [0.3, 0.4) is 0 Å². The van der Waals surface area contributed by atoms with E-state index in [4.69, 9.17) is 15.5 Å². The molecule has 0 aliphatic rings. The normalized spacial score (nSPS) is 10.5. The van der Waals surface area contributed by atoms with Crippen molar-refractivity contribution in [3.63, 3.8) is 0 Å². The van der Waals surface area contributed by atoms with Crippen LogP contribution in [0.25, 0.3) is 33.4 Å². The molecule has 0 aliphatic heterocycles. The van der Waals surface area contributed by atoms with E-state index in [-0.39, 0.29) is 24.8 Å². The van der Waals surface area contributed by atoms with Crippen LogP contribution in [0.15, 0.2) is 72.8 Å². The quantitative estimate of drug-likeness (QED) is 0.299. The molecule has 7 nitrogen and oxygen atoms in total. The van der Waals surface area contributed by atoms with Gasteiger partial charge in [0.15, 0.2) is 5.82 Å². The summed E-state index contributed by atoms with van der Waals surface area (Å²) in [5.74, 6) is 1.48. The summed E-state index contributed by atoms with van der Waals surface area (Å²) in [6.45, 7) is 3.04. The van der Waals surface area contributed by atoms with Crippen LogP contribution < -0.4 is 10.5 Å². The van der Waals surface area contributed by atoms with E-state index in [9.17, 15) is 0 Å². The van der Waals surface area contributed by atoms with Crippen LogP contribution in [-0.4, -0.2) is 25.6 Å². The van der Waals surface area contributed by atoms with E-state index in [1.54, 1.807) is 0 Å². The van der Waals surface area contributed by atoms with Gasteiger partial charge in [0.05, 0.1) is 5.52 Å². The number of hydrogen-bond donors (Lipinski definition) is 2. The number of aromatic nitrogens is 5. The summed E-state index contributed by atoms with van der Waals surface area (Å²) in [5, 5.41) is 15.3. The van der Waals surface area contributed by atoms with Gasteiger partial charge in [-0.05, 0) is 51.2 Å². The Labute approximate surface area is 215 Å². The summed E-state index contributed by atoms with van der Waals surface area (Å²) < 4.78 is 6.26. The molecular formula is C26H26Cl2N6O. The Balaban J connectivity index is 0.00000171. The Morgan fingerprint density at radius 2 is 1.63 bits per heavy atom. The maximum Gasteiger partial charge on any atom is 0.180 e. The van der Waals surface area contributed by atoms with Crippen LogP contribution in [-0.2, 0) is 19.6 Å². The minimum Gasteiger partial charge on any atom is -0.488 e. The van der Waals surface area contributed by atoms with Crippen LogP contribution in [0, 0.1) is 0 Å². The van der Waals surface area contributed by atoms with E-state index in [1.807, 2.05) is 36.4 Å². The van der Waals surface area contributed by atoms with Gasteiger partial charge < -0.3 is 10.5 Å². The van der Waals surface area contributed by atoms with Crippen molar-refractivity contribution in [2.24, 2.45) is 5.73 Å². The summed E-state index contributed by atoms with van der Waals surface area (Å²) in [5.41, 5.74) is 13.0. The first-order valence-corrected chi connectivity index (χ1v) is 10.9. The zero-order valence-corrected chi connectivity index (χ0v) is 20.8. The molecule has 2 heterocycles. The molecule has 9 heteroatoms. The number of aryl methyl sites for hydroxylation is 1. The number of ether oxygens (including phenoxy) is 1. The zero-order valence-electron chi connectivity index (χ0n) is 19.1. The number of tetrazole rings is 1. The first-order valence-electron chi connectivity index (χ1n) is 10.9. The number of nitrogens with one attached hydrogen (secondary N) is 1. The lowest BCUT2D eigenvalue weighted by molar-refractivity contribution is 0.309. The van der Waals surface area contributed by atoms with Crippen LogP contribution in [0.1, 0.15) is 23.7 Å². The van der Waals surface area contributed by atoms with E-state index in [2.05, 4.69) is 63.9 Å². The molecule has 5 aromatic rings. The van der Waals surface area contributed by atoms with Gasteiger partial charge >= 0.3 is 0 Å². The van der Waals surface area contributed by atoms with Gasteiger partial charge in [-0.15, -0.1) is 29.9 Å². The lowest BCUT2D eigenvalue weighted by Gasteiger charge is -2.13. The van der Waals surface area contributed by atoms with E-state index >= 15 is 0 Å². The molecule has 0 saturated heterocycles. The number of aromatic amines is 1. The molecule has 180 valence electrons. The second-order valence-electron chi connectivity index (χ2n) is 7.80. The molecule has 5 rings (SSSR count). The fourth-order valence-corrected chi connectivity index (χ4v) is 3.88. The fraction of sp³-hybridized carbons (Fsp3) is 0.154. The number of nitrogens with two attached hydrogens (primary N) is 1. The highest BCUT2D eigenvalue weighted by molar-refractivity contribution is 5.86. The van der Waals surface area contributed by atoms with E-state index in [0.29, 0.717) is 19.0 Å². The van der Waals surface area contributed by atoms with Gasteiger partial charge in [0.25, 0.3) is 0 Å². The van der Waals surface area contributed by atoms with Crippen LogP contribution in [0.2, 0.25) is 0 Å². The zero-order chi connectivity index (χ0) is 22.6. The third-order valence-electron chi connectivity index (χ3n) is 5.67. The molecule has 0 aliphatic carbocycles. The molecule has 0 atom stereocenters. The molecular weight excluding hydrogens is 483 g/mol. The van der Waals surface area contributed by atoms with Gasteiger partial charge in [0, 0.05) is 29.3 Å². The predicted octanol–water partition coefficient (Wildman–Crippen LogP) is 5.53. The number of hydrogen-bond acceptors (Lipinski definition) is 6. The first kappa shape index (κ1) is 26.1. The van der Waals surface area contributed by atoms with Crippen LogP contribution in [0.5, 0.6) is 5.75 Å². The molecule has 0 fully saturated rings. The average molecular weight is 509 g/mol. The molecule has 2 aromatic heterocycles. The number of rotatable bonds is 7. The fourth-order valence-electron chi connectivity index (χ4n) is 3.88. The van der Waals surface area contributed by atoms with Crippen LogP contribution >= 0.6 is 24.8 Å². The Hall–Kier alpha value is -3.52. The molecule has 35 heavy (non-hydrogen) atoms. The Morgan fingerprint density at radius 3 is 2.31 bits per heavy atom.